The van der Waals surface area contributed by atoms with Crippen LogP contribution in [0.2, 0.25) is 0 Å². The van der Waals surface area contributed by atoms with Crippen molar-refractivity contribution in [2.75, 3.05) is 0 Å². The fourth-order valence-electron chi connectivity index (χ4n) is 1.05. The minimum atomic E-state index is -1.30. The van der Waals surface area contributed by atoms with E-state index in [1.165, 1.54) is 13.8 Å². The smallest absolute Gasteiger partial charge is 0.322 e. The molecule has 6 heteroatoms. The Morgan fingerprint density at radius 1 is 1.46 bits per heavy atom. The third kappa shape index (κ3) is 1.47. The predicted molar refractivity (Wildman–Crippen MR) is 41.9 cm³/mol. The lowest BCUT2D eigenvalue weighted by Gasteiger charge is -2.23. The molecule has 3 N–H and O–H groups in total. The van der Waals surface area contributed by atoms with E-state index in [0.717, 1.165) is 0 Å². The number of carboxylic acids is 1. The molecule has 13 heavy (non-hydrogen) atoms. The normalized spacial score (nSPS) is 22.5. The average Bonchev–Trinajstić information content (AvgIpc) is 2.30. The predicted octanol–water partition coefficient (Wildman–Crippen LogP) is -0.695. The molecule has 1 aliphatic rings. The number of carbonyl (C=O) groups excluding carboxylic acids is 2. The minimum Gasteiger partial charge on any atom is -0.481 e. The lowest BCUT2D eigenvalue weighted by Crippen LogP contribution is -2.47. The molecule has 0 aromatic rings. The molecular formula is C7H10N2O4. The third-order valence-electron chi connectivity index (χ3n) is 2.05. The second kappa shape index (κ2) is 2.72. The molecule has 0 aromatic carbocycles. The molecule has 0 aliphatic carbocycles. The summed E-state index contributed by atoms with van der Waals surface area (Å²) in [5.74, 6) is -1.73. The maximum atomic E-state index is 11.1. The van der Waals surface area contributed by atoms with E-state index >= 15 is 0 Å². The molecule has 3 amide bonds. The highest BCUT2D eigenvalue weighted by Crippen LogP contribution is 2.22. The quantitative estimate of drug-likeness (QED) is 0.497. The molecule has 1 heterocycles. The van der Waals surface area contributed by atoms with Crippen LogP contribution in [0.15, 0.2) is 0 Å². The number of hydrogen-bond acceptors (Lipinski definition) is 3. The van der Waals surface area contributed by atoms with Gasteiger partial charge in [0.2, 0.25) is 0 Å². The van der Waals surface area contributed by atoms with Gasteiger partial charge in [-0.05, 0) is 13.8 Å². The number of urea groups is 1. The van der Waals surface area contributed by atoms with Gasteiger partial charge in [-0.3, -0.25) is 14.9 Å². The Morgan fingerprint density at radius 2 is 2.00 bits per heavy atom. The molecule has 0 aromatic heterocycles. The monoisotopic (exact) mass is 186 g/mol. The van der Waals surface area contributed by atoms with Crippen molar-refractivity contribution in [1.82, 2.24) is 10.6 Å². The summed E-state index contributed by atoms with van der Waals surface area (Å²) >= 11 is 0. The molecule has 0 radical (unpaired) electrons. The van der Waals surface area contributed by atoms with Crippen LogP contribution in [-0.2, 0) is 9.59 Å². The number of nitrogens with one attached hydrogen (secondary N) is 2. The summed E-state index contributed by atoms with van der Waals surface area (Å²) < 4.78 is 0. The molecular weight excluding hydrogens is 176 g/mol. The Bertz CT molecular complexity index is 284. The molecule has 72 valence electrons. The van der Waals surface area contributed by atoms with E-state index < -0.39 is 29.4 Å². The summed E-state index contributed by atoms with van der Waals surface area (Å²) in [7, 11) is 0. The van der Waals surface area contributed by atoms with E-state index in [1.807, 2.05) is 5.32 Å². The highest BCUT2D eigenvalue weighted by atomic mass is 16.4. The van der Waals surface area contributed by atoms with E-state index in [1.54, 1.807) is 0 Å². The number of hydrogen-bond donors (Lipinski definition) is 3. The fraction of sp³-hybridized carbons (Fsp3) is 0.571. The van der Waals surface area contributed by atoms with Crippen molar-refractivity contribution < 1.29 is 19.5 Å². The van der Waals surface area contributed by atoms with Gasteiger partial charge in [0.1, 0.15) is 6.04 Å². The van der Waals surface area contributed by atoms with Crippen LogP contribution in [0.1, 0.15) is 13.8 Å². The van der Waals surface area contributed by atoms with Crippen LogP contribution in [0.25, 0.3) is 0 Å². The molecule has 1 fully saturated rings. The van der Waals surface area contributed by atoms with E-state index in [9.17, 15) is 14.4 Å². The highest BCUT2D eigenvalue weighted by molar-refractivity contribution is 6.06. The Balaban J connectivity index is 2.89. The van der Waals surface area contributed by atoms with E-state index in [2.05, 4.69) is 5.32 Å². The summed E-state index contributed by atoms with van der Waals surface area (Å²) in [6.07, 6.45) is 0. The number of imide groups is 1. The molecule has 0 bridgehead atoms. The van der Waals surface area contributed by atoms with Gasteiger partial charge in [-0.1, -0.05) is 0 Å². The van der Waals surface area contributed by atoms with Gasteiger partial charge in [-0.15, -0.1) is 0 Å². The second-order valence-electron chi connectivity index (χ2n) is 3.42. The summed E-state index contributed by atoms with van der Waals surface area (Å²) in [6.45, 7) is 2.76. The minimum absolute atomic E-state index is 0.600. The Labute approximate surface area is 74.3 Å². The van der Waals surface area contributed by atoms with Gasteiger partial charge >= 0.3 is 12.0 Å². The maximum Gasteiger partial charge on any atom is 0.322 e. The van der Waals surface area contributed by atoms with Crippen LogP contribution in [0, 0.1) is 5.41 Å². The van der Waals surface area contributed by atoms with Gasteiger partial charge in [-0.25, -0.2) is 4.79 Å². The zero-order valence-electron chi connectivity index (χ0n) is 7.25. The van der Waals surface area contributed by atoms with Crippen LogP contribution < -0.4 is 10.6 Å². The van der Waals surface area contributed by atoms with Gasteiger partial charge in [0, 0.05) is 0 Å². The van der Waals surface area contributed by atoms with Crippen molar-refractivity contribution in [3.63, 3.8) is 0 Å². The molecule has 1 saturated heterocycles. The first-order valence-electron chi connectivity index (χ1n) is 3.70. The summed E-state index contributed by atoms with van der Waals surface area (Å²) in [5, 5.41) is 13.0. The lowest BCUT2D eigenvalue weighted by molar-refractivity contribution is -0.150. The average molecular weight is 186 g/mol. The third-order valence-corrected chi connectivity index (χ3v) is 2.05. The summed E-state index contributed by atoms with van der Waals surface area (Å²) in [5.41, 5.74) is -1.30. The van der Waals surface area contributed by atoms with Crippen molar-refractivity contribution in [1.29, 1.82) is 0 Å². The van der Waals surface area contributed by atoms with Crippen molar-refractivity contribution in [2.24, 2.45) is 5.41 Å². The van der Waals surface area contributed by atoms with Gasteiger partial charge in [0.05, 0.1) is 5.41 Å². The number of rotatable bonds is 2. The molecule has 0 saturated carbocycles. The topological polar surface area (TPSA) is 95.5 Å². The van der Waals surface area contributed by atoms with Crippen molar-refractivity contribution in [3.8, 4) is 0 Å². The molecule has 6 nitrogen and oxygen atoms in total. The number of amides is 3. The molecule has 0 spiro atoms. The highest BCUT2D eigenvalue weighted by Gasteiger charge is 2.46. The SMILES string of the molecule is CC(C)(C(=O)O)[C@H]1NC(=O)NC1=O. The Hall–Kier alpha value is -1.59. The van der Waals surface area contributed by atoms with Crippen LogP contribution >= 0.6 is 0 Å². The Morgan fingerprint density at radius 3 is 2.31 bits per heavy atom. The maximum absolute atomic E-state index is 11.1. The van der Waals surface area contributed by atoms with Gasteiger partial charge in [0.15, 0.2) is 0 Å². The van der Waals surface area contributed by atoms with Crippen LogP contribution in [0.4, 0.5) is 4.79 Å². The first kappa shape index (κ1) is 9.50. The molecule has 1 atom stereocenters. The van der Waals surface area contributed by atoms with Crippen molar-refractivity contribution in [2.45, 2.75) is 19.9 Å². The standard InChI is InChI=1S/C7H10N2O4/c1-7(2,5(11)12)3-4(10)9-6(13)8-3/h3H,1-2H3,(H,11,12)(H2,8,9,10,13)/t3-/m0/s1. The van der Waals surface area contributed by atoms with Crippen LogP contribution in [0.5, 0.6) is 0 Å². The van der Waals surface area contributed by atoms with E-state index in [-0.39, 0.29) is 0 Å². The lowest BCUT2D eigenvalue weighted by atomic mass is 9.84. The fourth-order valence-corrected chi connectivity index (χ4v) is 1.05. The first-order valence-corrected chi connectivity index (χ1v) is 3.70. The van der Waals surface area contributed by atoms with E-state index in [4.69, 9.17) is 5.11 Å². The van der Waals surface area contributed by atoms with E-state index in [0.29, 0.717) is 0 Å². The first-order chi connectivity index (χ1) is 5.85. The summed E-state index contributed by atoms with van der Waals surface area (Å²) in [4.78, 5) is 32.5. The molecule has 1 aliphatic heterocycles. The summed E-state index contributed by atoms with van der Waals surface area (Å²) in [6, 6.07) is -1.65. The zero-order valence-corrected chi connectivity index (χ0v) is 7.25. The number of carboxylic acid groups (broad SMARTS) is 1. The van der Waals surface area contributed by atoms with Gasteiger partial charge in [0.25, 0.3) is 5.91 Å². The van der Waals surface area contributed by atoms with Gasteiger partial charge in [-0.2, -0.15) is 0 Å². The second-order valence-corrected chi connectivity index (χ2v) is 3.42. The Kier molecular flexibility index (Phi) is 1.99. The zero-order chi connectivity index (χ0) is 10.2. The number of carbonyl (C=O) groups is 3. The largest absolute Gasteiger partial charge is 0.481 e. The van der Waals surface area contributed by atoms with Crippen LogP contribution in [-0.4, -0.2) is 29.1 Å². The van der Waals surface area contributed by atoms with Crippen molar-refractivity contribution in [3.05, 3.63) is 0 Å². The van der Waals surface area contributed by atoms with Gasteiger partial charge < -0.3 is 10.4 Å². The number of aliphatic carboxylic acids is 1. The molecule has 1 rings (SSSR count). The van der Waals surface area contributed by atoms with Crippen molar-refractivity contribution >= 4 is 17.9 Å². The molecule has 0 unspecified atom stereocenters. The van der Waals surface area contributed by atoms with Crippen LogP contribution in [0.3, 0.4) is 0 Å².